The molecule has 0 fully saturated rings. The summed E-state index contributed by atoms with van der Waals surface area (Å²) in [4.78, 5) is 10.5. The van der Waals surface area contributed by atoms with Gasteiger partial charge in [0.1, 0.15) is 5.82 Å². The van der Waals surface area contributed by atoms with E-state index in [4.69, 9.17) is 9.97 Å². The largest absolute Gasteiger partial charge is 0.339 e. The fraction of sp³-hybridized carbons (Fsp3) is 0.111. The van der Waals surface area contributed by atoms with Gasteiger partial charge < -0.3 is 9.13 Å². The molecule has 4 nitrogen and oxygen atoms in total. The summed E-state index contributed by atoms with van der Waals surface area (Å²) in [6.07, 6.45) is 0.926. The van der Waals surface area contributed by atoms with Crippen molar-refractivity contribution in [3.8, 4) is 11.3 Å². The zero-order chi connectivity index (χ0) is 26.4. The average molecular weight is 515 g/mol. The van der Waals surface area contributed by atoms with Gasteiger partial charge in [0, 0.05) is 50.1 Å². The molecule has 0 bridgehead atoms. The molecule has 0 saturated heterocycles. The first-order chi connectivity index (χ1) is 19.8. The van der Waals surface area contributed by atoms with Gasteiger partial charge in [0.2, 0.25) is 0 Å². The number of nitrogens with zero attached hydrogens (tertiary/aromatic N) is 4. The van der Waals surface area contributed by atoms with Crippen LogP contribution >= 0.6 is 0 Å². The Morgan fingerprint density at radius 2 is 1.25 bits per heavy atom. The highest BCUT2D eigenvalue weighted by Gasteiger charge is 2.23. The summed E-state index contributed by atoms with van der Waals surface area (Å²) in [7, 11) is 0. The Kier molecular flexibility index (Phi) is 4.40. The van der Waals surface area contributed by atoms with Crippen LogP contribution in [-0.4, -0.2) is 19.1 Å². The molecule has 9 rings (SSSR count). The molecular weight excluding hydrogens is 488 g/mol. The molecule has 0 atom stereocenters. The second-order valence-corrected chi connectivity index (χ2v) is 10.9. The number of rotatable bonds is 3. The summed E-state index contributed by atoms with van der Waals surface area (Å²) in [6, 6.07) is 37.3. The molecule has 0 aliphatic heterocycles. The van der Waals surface area contributed by atoms with Gasteiger partial charge >= 0.3 is 0 Å². The standard InChI is InChI=1S/C36H26N4/c1-2-39-30-16-7-5-13-25(30)27-18-19-28-26-14-6-8-17-31(26)40(36(28)35(27)39)21-32-37-29-15-9-11-23-20-22-10-3-4-12-24(22)34(38-32)33(23)29/h3-19H,2,20-21H2,1H3. The first kappa shape index (κ1) is 21.9. The summed E-state index contributed by atoms with van der Waals surface area (Å²) >= 11 is 0. The van der Waals surface area contributed by atoms with Crippen molar-refractivity contribution >= 4 is 54.5 Å². The van der Waals surface area contributed by atoms with E-state index in [9.17, 15) is 0 Å². The van der Waals surface area contributed by atoms with Crippen LogP contribution in [0.3, 0.4) is 0 Å². The van der Waals surface area contributed by atoms with Crippen molar-refractivity contribution in [3.63, 3.8) is 0 Å². The van der Waals surface area contributed by atoms with Gasteiger partial charge in [0.15, 0.2) is 0 Å². The minimum Gasteiger partial charge on any atom is -0.339 e. The van der Waals surface area contributed by atoms with Crippen LogP contribution in [-0.2, 0) is 19.5 Å². The van der Waals surface area contributed by atoms with Crippen molar-refractivity contribution in [1.82, 2.24) is 19.1 Å². The third kappa shape index (κ3) is 2.85. The number of aromatic nitrogens is 4. The minimum absolute atomic E-state index is 0.601. The van der Waals surface area contributed by atoms with E-state index in [-0.39, 0.29) is 0 Å². The zero-order valence-electron chi connectivity index (χ0n) is 22.2. The normalized spacial score (nSPS) is 12.7. The van der Waals surface area contributed by atoms with Crippen LogP contribution in [0.4, 0.5) is 0 Å². The molecule has 5 aromatic carbocycles. The predicted molar refractivity (Wildman–Crippen MR) is 165 cm³/mol. The zero-order valence-corrected chi connectivity index (χ0v) is 22.2. The van der Waals surface area contributed by atoms with Crippen molar-refractivity contribution in [2.45, 2.75) is 26.4 Å². The highest BCUT2D eigenvalue weighted by molar-refractivity contribution is 6.22. The number of fused-ring (bicyclic) bond motifs is 9. The maximum absolute atomic E-state index is 5.29. The maximum Gasteiger partial charge on any atom is 0.149 e. The van der Waals surface area contributed by atoms with E-state index in [2.05, 4.69) is 119 Å². The van der Waals surface area contributed by atoms with Crippen LogP contribution < -0.4 is 0 Å². The average Bonchev–Trinajstić information content (AvgIpc) is 3.50. The van der Waals surface area contributed by atoms with Gasteiger partial charge in [-0.15, -0.1) is 0 Å². The van der Waals surface area contributed by atoms with Gasteiger partial charge in [0.25, 0.3) is 0 Å². The van der Waals surface area contributed by atoms with Crippen molar-refractivity contribution in [3.05, 3.63) is 120 Å². The molecule has 8 aromatic rings. The molecule has 0 N–H and O–H groups in total. The molecular formula is C36H26N4. The molecule has 40 heavy (non-hydrogen) atoms. The fourth-order valence-electron chi connectivity index (χ4n) is 7.14. The Morgan fingerprint density at radius 3 is 2.02 bits per heavy atom. The molecule has 0 unspecified atom stereocenters. The number of benzene rings is 5. The smallest absolute Gasteiger partial charge is 0.149 e. The quantitative estimate of drug-likeness (QED) is 0.237. The Hall–Kier alpha value is -4.96. The number of aryl methyl sites for hydroxylation is 1. The second-order valence-electron chi connectivity index (χ2n) is 10.9. The molecule has 1 aliphatic carbocycles. The molecule has 0 amide bonds. The lowest BCUT2D eigenvalue weighted by atomic mass is 9.88. The molecule has 3 aromatic heterocycles. The van der Waals surface area contributed by atoms with E-state index in [1.54, 1.807) is 0 Å². The topological polar surface area (TPSA) is 35.6 Å². The lowest BCUT2D eigenvalue weighted by Gasteiger charge is -2.20. The van der Waals surface area contributed by atoms with Crippen LogP contribution in [0.2, 0.25) is 0 Å². The number of para-hydroxylation sites is 2. The Bertz CT molecular complexity index is 2320. The molecule has 3 heterocycles. The molecule has 0 saturated carbocycles. The fourth-order valence-corrected chi connectivity index (χ4v) is 7.14. The highest BCUT2D eigenvalue weighted by atomic mass is 15.1. The van der Waals surface area contributed by atoms with Crippen molar-refractivity contribution in [2.24, 2.45) is 0 Å². The van der Waals surface area contributed by atoms with Crippen molar-refractivity contribution in [1.29, 1.82) is 0 Å². The van der Waals surface area contributed by atoms with Crippen LogP contribution in [0.15, 0.2) is 103 Å². The van der Waals surface area contributed by atoms with Crippen LogP contribution in [0, 0.1) is 0 Å². The lowest BCUT2D eigenvalue weighted by molar-refractivity contribution is 0.794. The first-order valence-corrected chi connectivity index (χ1v) is 14.1. The highest BCUT2D eigenvalue weighted by Crippen LogP contribution is 2.40. The summed E-state index contributed by atoms with van der Waals surface area (Å²) in [5, 5.41) is 6.33. The summed E-state index contributed by atoms with van der Waals surface area (Å²) in [5.41, 5.74) is 11.0. The molecule has 1 aliphatic rings. The van der Waals surface area contributed by atoms with Gasteiger partial charge in [-0.25, -0.2) is 9.97 Å². The van der Waals surface area contributed by atoms with Crippen LogP contribution in [0.1, 0.15) is 23.9 Å². The summed E-state index contributed by atoms with van der Waals surface area (Å²) in [5.74, 6) is 0.843. The van der Waals surface area contributed by atoms with E-state index in [1.165, 1.54) is 65.7 Å². The van der Waals surface area contributed by atoms with E-state index in [0.29, 0.717) is 6.54 Å². The third-order valence-electron chi connectivity index (χ3n) is 8.79. The maximum atomic E-state index is 5.29. The lowest BCUT2D eigenvalue weighted by Crippen LogP contribution is -2.10. The first-order valence-electron chi connectivity index (χ1n) is 14.1. The van der Waals surface area contributed by atoms with Gasteiger partial charge in [-0.1, -0.05) is 84.9 Å². The monoisotopic (exact) mass is 514 g/mol. The molecule has 0 radical (unpaired) electrons. The van der Waals surface area contributed by atoms with Gasteiger partial charge in [0.05, 0.1) is 28.8 Å². The van der Waals surface area contributed by atoms with E-state index >= 15 is 0 Å². The van der Waals surface area contributed by atoms with Crippen molar-refractivity contribution < 1.29 is 0 Å². The van der Waals surface area contributed by atoms with E-state index in [1.807, 2.05) is 0 Å². The van der Waals surface area contributed by atoms with E-state index < -0.39 is 0 Å². The summed E-state index contributed by atoms with van der Waals surface area (Å²) < 4.78 is 4.92. The Balaban J connectivity index is 1.37. The van der Waals surface area contributed by atoms with Gasteiger partial charge in [-0.05, 0) is 42.7 Å². The predicted octanol–water partition coefficient (Wildman–Crippen LogP) is 8.49. The molecule has 4 heteroatoms. The number of hydrogen-bond acceptors (Lipinski definition) is 2. The summed E-state index contributed by atoms with van der Waals surface area (Å²) in [6.45, 7) is 3.74. The van der Waals surface area contributed by atoms with Crippen molar-refractivity contribution in [2.75, 3.05) is 0 Å². The SMILES string of the molecule is CCn1c2ccccc2c2ccc3c4ccccc4n(Cc4nc5c6c(cccc6n4)Cc4ccccc4-5)c3c21. The minimum atomic E-state index is 0.601. The van der Waals surface area contributed by atoms with Crippen LogP contribution in [0.25, 0.3) is 65.8 Å². The molecule has 0 spiro atoms. The van der Waals surface area contributed by atoms with E-state index in [0.717, 1.165) is 30.0 Å². The van der Waals surface area contributed by atoms with Gasteiger partial charge in [-0.3, -0.25) is 0 Å². The Morgan fingerprint density at radius 1 is 0.600 bits per heavy atom. The number of hydrogen-bond donors (Lipinski definition) is 0. The Labute approximate surface area is 231 Å². The van der Waals surface area contributed by atoms with Gasteiger partial charge in [-0.2, -0.15) is 0 Å². The van der Waals surface area contributed by atoms with Crippen LogP contribution in [0.5, 0.6) is 0 Å². The third-order valence-corrected chi connectivity index (χ3v) is 8.79. The molecule has 190 valence electrons. The second kappa shape index (κ2) is 8.03.